The molecule has 0 saturated carbocycles. The maximum Gasteiger partial charge on any atom is 0.246 e. The van der Waals surface area contributed by atoms with Gasteiger partial charge in [-0.1, -0.05) is 17.7 Å². The number of rotatable bonds is 7. The molecule has 0 atom stereocenters. The summed E-state index contributed by atoms with van der Waals surface area (Å²) in [6.45, 7) is 1.23. The predicted octanol–water partition coefficient (Wildman–Crippen LogP) is 2.56. The number of amides is 1. The first kappa shape index (κ1) is 22.4. The molecule has 1 saturated heterocycles. The number of nitrogens with zero attached hydrogens (tertiary/aromatic N) is 1. The normalized spacial score (nSPS) is 14.9. The number of benzene rings is 2. The maximum absolute atomic E-state index is 13.1. The summed E-state index contributed by atoms with van der Waals surface area (Å²) in [7, 11) is -0.854. The van der Waals surface area contributed by atoms with E-state index in [-0.39, 0.29) is 36.1 Å². The van der Waals surface area contributed by atoms with Crippen LogP contribution in [0.1, 0.15) is 5.56 Å². The third-order valence-electron chi connectivity index (χ3n) is 4.62. The number of sulfonamides is 1. The fourth-order valence-corrected chi connectivity index (χ4v) is 4.96. The number of carbonyl (C=O) groups is 1. The second-order valence-corrected chi connectivity index (χ2v) is 8.89. The van der Waals surface area contributed by atoms with E-state index in [1.54, 1.807) is 30.3 Å². The van der Waals surface area contributed by atoms with Crippen molar-refractivity contribution < 1.29 is 27.4 Å². The van der Waals surface area contributed by atoms with Crippen molar-refractivity contribution in [3.63, 3.8) is 0 Å². The van der Waals surface area contributed by atoms with Gasteiger partial charge >= 0.3 is 0 Å². The number of hydrogen-bond acceptors (Lipinski definition) is 6. The maximum atomic E-state index is 13.1. The Morgan fingerprint density at radius 2 is 1.77 bits per heavy atom. The molecule has 1 aliphatic heterocycles. The molecule has 2 aromatic carbocycles. The summed E-state index contributed by atoms with van der Waals surface area (Å²) >= 11 is 6.08. The Balaban J connectivity index is 1.79. The van der Waals surface area contributed by atoms with Gasteiger partial charge in [0.1, 0.15) is 16.4 Å². The fourth-order valence-electron chi connectivity index (χ4n) is 3.09. The lowest BCUT2D eigenvalue weighted by atomic mass is 10.1. The van der Waals surface area contributed by atoms with E-state index in [1.165, 1.54) is 24.6 Å². The third kappa shape index (κ3) is 5.04. The van der Waals surface area contributed by atoms with E-state index in [0.717, 1.165) is 0 Å². The monoisotopic (exact) mass is 454 g/mol. The molecule has 3 rings (SSSR count). The number of halogens is 1. The zero-order valence-corrected chi connectivity index (χ0v) is 18.3. The van der Waals surface area contributed by atoms with Crippen LogP contribution in [0, 0.1) is 0 Å². The van der Waals surface area contributed by atoms with Crippen LogP contribution in [-0.2, 0) is 26.0 Å². The Morgan fingerprint density at radius 1 is 1.10 bits per heavy atom. The van der Waals surface area contributed by atoms with E-state index in [4.69, 9.17) is 25.8 Å². The molecule has 1 amide bonds. The molecule has 2 aromatic rings. The van der Waals surface area contributed by atoms with Gasteiger partial charge in [0.05, 0.1) is 38.9 Å². The van der Waals surface area contributed by atoms with Crippen LogP contribution in [0.5, 0.6) is 11.5 Å². The van der Waals surface area contributed by atoms with E-state index in [9.17, 15) is 13.2 Å². The number of carbonyl (C=O) groups excluding carboxylic acids is 1. The summed E-state index contributed by atoms with van der Waals surface area (Å²) in [6.07, 6.45) is -0.0146. The predicted molar refractivity (Wildman–Crippen MR) is 113 cm³/mol. The molecule has 0 aromatic heterocycles. The summed E-state index contributed by atoms with van der Waals surface area (Å²) in [5.74, 6) is 0.423. The van der Waals surface area contributed by atoms with E-state index in [2.05, 4.69) is 5.32 Å². The van der Waals surface area contributed by atoms with Gasteiger partial charge < -0.3 is 19.5 Å². The lowest BCUT2D eigenvalue weighted by Crippen LogP contribution is -2.40. The van der Waals surface area contributed by atoms with Crippen molar-refractivity contribution in [1.29, 1.82) is 0 Å². The van der Waals surface area contributed by atoms with Crippen molar-refractivity contribution in [1.82, 2.24) is 4.31 Å². The van der Waals surface area contributed by atoms with Crippen molar-refractivity contribution in [3.05, 3.63) is 47.0 Å². The van der Waals surface area contributed by atoms with Crippen LogP contribution in [-0.4, -0.2) is 59.2 Å². The van der Waals surface area contributed by atoms with Gasteiger partial charge in [0.15, 0.2) is 0 Å². The van der Waals surface area contributed by atoms with E-state index < -0.39 is 10.0 Å². The Kier molecular flexibility index (Phi) is 7.19. The number of ether oxygens (including phenoxy) is 3. The molecule has 10 heteroatoms. The highest BCUT2D eigenvalue weighted by Crippen LogP contribution is 2.29. The van der Waals surface area contributed by atoms with Crippen molar-refractivity contribution >= 4 is 33.2 Å². The average molecular weight is 455 g/mol. The first-order valence-corrected chi connectivity index (χ1v) is 11.0. The highest BCUT2D eigenvalue weighted by molar-refractivity contribution is 7.89. The minimum atomic E-state index is -3.77. The quantitative estimate of drug-likeness (QED) is 0.691. The SMILES string of the molecule is COc1ccc(NC(=O)Cc2ccc(OC)c(S(=O)(=O)N3CCOCC3)c2)cc1Cl. The Labute approximate surface area is 180 Å². The number of morpholine rings is 1. The minimum absolute atomic E-state index is 0.0146. The second-order valence-electron chi connectivity index (χ2n) is 6.58. The highest BCUT2D eigenvalue weighted by Gasteiger charge is 2.29. The first-order valence-electron chi connectivity index (χ1n) is 9.23. The molecule has 0 spiro atoms. The van der Waals surface area contributed by atoms with Crippen LogP contribution in [0.25, 0.3) is 0 Å². The van der Waals surface area contributed by atoms with Gasteiger partial charge in [0.2, 0.25) is 15.9 Å². The summed E-state index contributed by atoms with van der Waals surface area (Å²) < 4.78 is 43.0. The minimum Gasteiger partial charge on any atom is -0.495 e. The van der Waals surface area contributed by atoms with Gasteiger partial charge in [-0.05, 0) is 35.9 Å². The molecule has 1 aliphatic rings. The van der Waals surface area contributed by atoms with Gasteiger partial charge in [-0.15, -0.1) is 0 Å². The van der Waals surface area contributed by atoms with Crippen LogP contribution < -0.4 is 14.8 Å². The number of hydrogen-bond donors (Lipinski definition) is 1. The fraction of sp³-hybridized carbons (Fsp3) is 0.350. The van der Waals surface area contributed by atoms with Crippen molar-refractivity contribution in [2.75, 3.05) is 45.8 Å². The second kappa shape index (κ2) is 9.65. The van der Waals surface area contributed by atoms with Crippen LogP contribution in [0.15, 0.2) is 41.3 Å². The summed E-state index contributed by atoms with van der Waals surface area (Å²) in [5.41, 5.74) is 1.06. The number of methoxy groups -OCH3 is 2. The lowest BCUT2D eigenvalue weighted by molar-refractivity contribution is -0.115. The molecule has 0 aliphatic carbocycles. The first-order chi connectivity index (χ1) is 14.3. The lowest BCUT2D eigenvalue weighted by Gasteiger charge is -2.26. The van der Waals surface area contributed by atoms with E-state index in [1.807, 2.05) is 0 Å². The Morgan fingerprint density at radius 3 is 2.40 bits per heavy atom. The van der Waals surface area contributed by atoms with Crippen LogP contribution in [0.2, 0.25) is 5.02 Å². The van der Waals surface area contributed by atoms with Crippen molar-refractivity contribution in [2.24, 2.45) is 0 Å². The van der Waals surface area contributed by atoms with Gasteiger partial charge in [-0.2, -0.15) is 4.31 Å². The van der Waals surface area contributed by atoms with Gasteiger partial charge in [-0.25, -0.2) is 8.42 Å². The summed E-state index contributed by atoms with van der Waals surface area (Å²) in [5, 5.41) is 3.12. The molecule has 8 nitrogen and oxygen atoms in total. The molecule has 30 heavy (non-hydrogen) atoms. The molecule has 0 bridgehead atoms. The number of anilines is 1. The molecular formula is C20H23ClN2O6S. The van der Waals surface area contributed by atoms with Gasteiger partial charge in [0, 0.05) is 18.8 Å². The van der Waals surface area contributed by atoms with Crippen LogP contribution in [0.4, 0.5) is 5.69 Å². The van der Waals surface area contributed by atoms with E-state index in [0.29, 0.717) is 35.2 Å². The smallest absolute Gasteiger partial charge is 0.246 e. The van der Waals surface area contributed by atoms with Crippen molar-refractivity contribution in [3.8, 4) is 11.5 Å². The zero-order valence-electron chi connectivity index (χ0n) is 16.7. The third-order valence-corrected chi connectivity index (χ3v) is 6.83. The zero-order chi connectivity index (χ0) is 21.7. The average Bonchev–Trinajstić information content (AvgIpc) is 2.74. The molecule has 0 radical (unpaired) electrons. The van der Waals surface area contributed by atoms with Gasteiger partial charge in [0.25, 0.3) is 0 Å². The topological polar surface area (TPSA) is 94.2 Å². The van der Waals surface area contributed by atoms with Gasteiger partial charge in [-0.3, -0.25) is 4.79 Å². The molecular weight excluding hydrogens is 432 g/mol. The summed E-state index contributed by atoms with van der Waals surface area (Å²) in [4.78, 5) is 12.5. The van der Waals surface area contributed by atoms with E-state index >= 15 is 0 Å². The molecule has 1 N–H and O–H groups in total. The highest BCUT2D eigenvalue weighted by atomic mass is 35.5. The number of nitrogens with one attached hydrogen (secondary N) is 1. The van der Waals surface area contributed by atoms with Crippen molar-refractivity contribution in [2.45, 2.75) is 11.3 Å². The van der Waals surface area contributed by atoms with Crippen LogP contribution in [0.3, 0.4) is 0 Å². The largest absolute Gasteiger partial charge is 0.495 e. The standard InChI is InChI=1S/C20H23ClN2O6S/c1-27-17-6-4-15(13-16(17)21)22-20(24)12-14-3-5-18(28-2)19(11-14)30(25,26)23-7-9-29-10-8-23/h3-6,11,13H,7-10,12H2,1-2H3,(H,22,24). The molecule has 0 unspecified atom stereocenters. The van der Waals surface area contributed by atoms with Crippen LogP contribution >= 0.6 is 11.6 Å². The molecule has 1 heterocycles. The Bertz CT molecular complexity index is 1020. The molecule has 1 fully saturated rings. The Hall–Kier alpha value is -2.33. The summed E-state index contributed by atoms with van der Waals surface area (Å²) in [6, 6.07) is 9.60. The molecule has 162 valence electrons.